The Balaban J connectivity index is 1.85. The zero-order valence-corrected chi connectivity index (χ0v) is 14.7. The molecule has 1 aromatic heterocycles. The van der Waals surface area contributed by atoms with Gasteiger partial charge in [0, 0.05) is 18.7 Å². The first kappa shape index (κ1) is 17.3. The molecular formula is C17H18FN3O3S. The van der Waals surface area contributed by atoms with Gasteiger partial charge < -0.3 is 15.4 Å². The first-order chi connectivity index (χ1) is 12.0. The molecule has 0 unspecified atom stereocenters. The highest BCUT2D eigenvalue weighted by atomic mass is 32.1. The molecular weight excluding hydrogens is 345 g/mol. The summed E-state index contributed by atoms with van der Waals surface area (Å²) < 4.78 is 22.8. The molecule has 0 bridgehead atoms. The molecule has 2 aromatic rings. The zero-order chi connectivity index (χ0) is 18.0. The molecule has 2 N–H and O–H groups in total. The molecule has 8 heteroatoms. The van der Waals surface area contributed by atoms with E-state index in [2.05, 4.69) is 15.0 Å². The summed E-state index contributed by atoms with van der Waals surface area (Å²) in [6, 6.07) is 5.47. The molecule has 1 aliphatic carbocycles. The average molecular weight is 363 g/mol. The largest absolute Gasteiger partial charge is 0.444 e. The molecule has 0 aliphatic heterocycles. The fourth-order valence-corrected chi connectivity index (χ4v) is 3.09. The summed E-state index contributed by atoms with van der Waals surface area (Å²) in [5.74, 6) is -1.48. The van der Waals surface area contributed by atoms with Crippen LogP contribution in [-0.2, 0) is 9.53 Å². The SMILES string of the molecule is CNc1snc(C)c1C(=O)O[C@@H](C(=O)NC1CC1)c1ccc(F)cc1. The smallest absolute Gasteiger partial charge is 0.344 e. The molecule has 1 atom stereocenters. The van der Waals surface area contributed by atoms with Gasteiger partial charge in [-0.3, -0.25) is 4.79 Å². The first-order valence-corrected chi connectivity index (χ1v) is 8.67. The van der Waals surface area contributed by atoms with Gasteiger partial charge in [0.15, 0.2) is 0 Å². The van der Waals surface area contributed by atoms with E-state index < -0.39 is 23.8 Å². The number of anilines is 1. The van der Waals surface area contributed by atoms with E-state index in [1.165, 1.54) is 24.3 Å². The van der Waals surface area contributed by atoms with Gasteiger partial charge in [-0.2, -0.15) is 4.37 Å². The summed E-state index contributed by atoms with van der Waals surface area (Å²) in [4.78, 5) is 25.1. The molecule has 132 valence electrons. The highest BCUT2D eigenvalue weighted by Gasteiger charge is 2.32. The van der Waals surface area contributed by atoms with Crippen LogP contribution in [0.2, 0.25) is 0 Å². The van der Waals surface area contributed by atoms with E-state index in [1.54, 1.807) is 14.0 Å². The molecule has 0 radical (unpaired) electrons. The van der Waals surface area contributed by atoms with Crippen LogP contribution < -0.4 is 10.6 Å². The lowest BCUT2D eigenvalue weighted by Crippen LogP contribution is -2.33. The molecule has 0 saturated heterocycles. The Morgan fingerprint density at radius 3 is 2.60 bits per heavy atom. The summed E-state index contributed by atoms with van der Waals surface area (Å²) in [5.41, 5.74) is 1.25. The minimum atomic E-state index is -1.14. The van der Waals surface area contributed by atoms with Gasteiger partial charge in [0.1, 0.15) is 16.4 Å². The molecule has 1 fully saturated rings. The molecule has 1 aliphatic rings. The van der Waals surface area contributed by atoms with E-state index in [1.807, 2.05) is 0 Å². The Labute approximate surface area is 148 Å². The van der Waals surface area contributed by atoms with Crippen molar-refractivity contribution >= 4 is 28.4 Å². The van der Waals surface area contributed by atoms with Crippen LogP contribution in [0.15, 0.2) is 24.3 Å². The number of aryl methyl sites for hydroxylation is 1. The number of carbonyl (C=O) groups is 2. The second kappa shape index (κ2) is 7.18. The van der Waals surface area contributed by atoms with Gasteiger partial charge in [0.2, 0.25) is 6.10 Å². The van der Waals surface area contributed by atoms with Crippen molar-refractivity contribution in [3.63, 3.8) is 0 Å². The minimum absolute atomic E-state index is 0.117. The van der Waals surface area contributed by atoms with Crippen molar-refractivity contribution in [3.8, 4) is 0 Å². The van der Waals surface area contributed by atoms with Gasteiger partial charge in [-0.1, -0.05) is 12.1 Å². The van der Waals surface area contributed by atoms with Crippen LogP contribution in [0.4, 0.5) is 9.39 Å². The Morgan fingerprint density at radius 2 is 2.00 bits per heavy atom. The number of nitrogens with one attached hydrogen (secondary N) is 2. The average Bonchev–Trinajstić information content (AvgIpc) is 3.32. The monoisotopic (exact) mass is 363 g/mol. The normalized spacial score (nSPS) is 14.7. The predicted molar refractivity (Wildman–Crippen MR) is 92.1 cm³/mol. The number of amides is 1. The van der Waals surface area contributed by atoms with Crippen molar-refractivity contribution in [3.05, 3.63) is 46.9 Å². The summed E-state index contributed by atoms with van der Waals surface area (Å²) in [5, 5.41) is 6.29. The van der Waals surface area contributed by atoms with Crippen LogP contribution in [0.25, 0.3) is 0 Å². The maximum Gasteiger partial charge on any atom is 0.344 e. The van der Waals surface area contributed by atoms with E-state index >= 15 is 0 Å². The molecule has 25 heavy (non-hydrogen) atoms. The first-order valence-electron chi connectivity index (χ1n) is 7.90. The highest BCUT2D eigenvalue weighted by molar-refractivity contribution is 7.10. The Bertz CT molecular complexity index is 787. The fraction of sp³-hybridized carbons (Fsp3) is 0.353. The van der Waals surface area contributed by atoms with Crippen LogP contribution in [0.1, 0.15) is 40.6 Å². The van der Waals surface area contributed by atoms with Crippen LogP contribution in [-0.4, -0.2) is 29.3 Å². The van der Waals surface area contributed by atoms with Crippen molar-refractivity contribution in [1.29, 1.82) is 0 Å². The summed E-state index contributed by atoms with van der Waals surface area (Å²) in [7, 11) is 1.68. The molecule has 0 spiro atoms. The number of aromatic nitrogens is 1. The lowest BCUT2D eigenvalue weighted by atomic mass is 10.1. The third-order valence-electron chi connectivity index (χ3n) is 3.85. The van der Waals surface area contributed by atoms with Crippen LogP contribution >= 0.6 is 11.5 Å². The van der Waals surface area contributed by atoms with Crippen molar-refractivity contribution in [2.24, 2.45) is 0 Å². The maximum atomic E-state index is 13.2. The van der Waals surface area contributed by atoms with Gasteiger partial charge in [-0.05, 0) is 43.4 Å². The maximum absolute atomic E-state index is 13.2. The van der Waals surface area contributed by atoms with Crippen molar-refractivity contribution in [2.75, 3.05) is 12.4 Å². The summed E-state index contributed by atoms with van der Waals surface area (Å²) >= 11 is 1.15. The second-order valence-corrected chi connectivity index (χ2v) is 6.62. The number of hydrogen-bond donors (Lipinski definition) is 2. The Kier molecular flexibility index (Phi) is 4.98. The van der Waals surface area contributed by atoms with Crippen molar-refractivity contribution in [1.82, 2.24) is 9.69 Å². The number of benzene rings is 1. The van der Waals surface area contributed by atoms with Crippen molar-refractivity contribution in [2.45, 2.75) is 31.9 Å². The quantitative estimate of drug-likeness (QED) is 0.772. The third-order valence-corrected chi connectivity index (χ3v) is 4.81. The van der Waals surface area contributed by atoms with Gasteiger partial charge in [0.05, 0.1) is 5.69 Å². The van der Waals surface area contributed by atoms with Gasteiger partial charge in [-0.25, -0.2) is 9.18 Å². The lowest BCUT2D eigenvalue weighted by molar-refractivity contribution is -0.130. The zero-order valence-electron chi connectivity index (χ0n) is 13.8. The lowest BCUT2D eigenvalue weighted by Gasteiger charge is -2.18. The fourth-order valence-electron chi connectivity index (χ4n) is 2.36. The van der Waals surface area contributed by atoms with Crippen LogP contribution in [0.3, 0.4) is 0 Å². The molecule has 1 aromatic carbocycles. The molecule has 3 rings (SSSR count). The van der Waals surface area contributed by atoms with E-state index in [9.17, 15) is 14.0 Å². The Hall–Kier alpha value is -2.48. The summed E-state index contributed by atoms with van der Waals surface area (Å²) in [6.45, 7) is 1.70. The Morgan fingerprint density at radius 1 is 1.32 bits per heavy atom. The molecule has 1 saturated carbocycles. The number of nitrogens with zero attached hydrogens (tertiary/aromatic N) is 1. The second-order valence-electron chi connectivity index (χ2n) is 5.84. The number of esters is 1. The number of hydrogen-bond acceptors (Lipinski definition) is 6. The van der Waals surface area contributed by atoms with Crippen molar-refractivity contribution < 1.29 is 18.7 Å². The van der Waals surface area contributed by atoms with E-state index in [-0.39, 0.29) is 6.04 Å². The number of rotatable bonds is 6. The highest BCUT2D eigenvalue weighted by Crippen LogP contribution is 2.28. The molecule has 6 nitrogen and oxygen atoms in total. The van der Waals surface area contributed by atoms with Gasteiger partial charge in [-0.15, -0.1) is 0 Å². The number of carbonyl (C=O) groups excluding carboxylic acids is 2. The minimum Gasteiger partial charge on any atom is -0.444 e. The standard InChI is InChI=1S/C17H18FN3O3S/c1-9-13(16(19-2)25-21-9)17(23)24-14(15(22)20-12-7-8-12)10-3-5-11(18)6-4-10/h3-6,12,14,19H,7-8H2,1-2H3,(H,20,22)/t14-/m1/s1. The molecule has 1 amide bonds. The third kappa shape index (κ3) is 3.96. The van der Waals surface area contributed by atoms with E-state index in [0.29, 0.717) is 21.8 Å². The van der Waals surface area contributed by atoms with E-state index in [4.69, 9.17) is 4.74 Å². The van der Waals surface area contributed by atoms with Crippen LogP contribution in [0.5, 0.6) is 0 Å². The van der Waals surface area contributed by atoms with Crippen LogP contribution in [0, 0.1) is 12.7 Å². The predicted octanol–water partition coefficient (Wildman–Crippen LogP) is 2.81. The number of halogens is 1. The summed E-state index contributed by atoms with van der Waals surface area (Å²) in [6.07, 6.45) is 0.679. The van der Waals surface area contributed by atoms with E-state index in [0.717, 1.165) is 24.4 Å². The molecule has 1 heterocycles. The number of ether oxygens (including phenoxy) is 1. The topological polar surface area (TPSA) is 80.3 Å². The van der Waals surface area contributed by atoms with Gasteiger partial charge in [0.25, 0.3) is 5.91 Å². The van der Waals surface area contributed by atoms with Gasteiger partial charge >= 0.3 is 5.97 Å².